The summed E-state index contributed by atoms with van der Waals surface area (Å²) in [6.45, 7) is 2.03. The maximum Gasteiger partial charge on any atom is 0.324 e. The standard InChI is InChI=1S/C23H21N3O5S/c27-22(18-6-8-20(9-7-18)31-15-17-4-2-1-3-5-17)24-10-12-25(13-11-24)23(28)19-14-21(26(29)30)32-16-19/h1-9,14,16H,10-13,15H2. The Morgan fingerprint density at radius 2 is 1.50 bits per heavy atom. The van der Waals surface area contributed by atoms with Crippen molar-refractivity contribution in [3.8, 4) is 5.75 Å². The molecule has 2 amide bonds. The van der Waals surface area contributed by atoms with Crippen molar-refractivity contribution < 1.29 is 19.2 Å². The van der Waals surface area contributed by atoms with Gasteiger partial charge in [-0.1, -0.05) is 41.7 Å². The van der Waals surface area contributed by atoms with Gasteiger partial charge in [0.2, 0.25) is 0 Å². The summed E-state index contributed by atoms with van der Waals surface area (Å²) in [6.07, 6.45) is 0. The molecule has 32 heavy (non-hydrogen) atoms. The molecule has 1 fully saturated rings. The van der Waals surface area contributed by atoms with Crippen molar-refractivity contribution in [2.75, 3.05) is 26.2 Å². The Bertz CT molecular complexity index is 1110. The molecule has 0 bridgehead atoms. The first-order chi connectivity index (χ1) is 15.5. The van der Waals surface area contributed by atoms with Crippen LogP contribution < -0.4 is 4.74 Å². The Morgan fingerprint density at radius 3 is 2.06 bits per heavy atom. The smallest absolute Gasteiger partial charge is 0.324 e. The number of thiophene rings is 1. The normalized spacial score (nSPS) is 13.6. The highest BCUT2D eigenvalue weighted by Gasteiger charge is 2.27. The minimum atomic E-state index is -0.504. The summed E-state index contributed by atoms with van der Waals surface area (Å²) in [5, 5.41) is 12.3. The average molecular weight is 452 g/mol. The number of hydrogen-bond acceptors (Lipinski definition) is 6. The number of amides is 2. The van der Waals surface area contributed by atoms with E-state index in [0.29, 0.717) is 49.7 Å². The van der Waals surface area contributed by atoms with Gasteiger partial charge in [-0.3, -0.25) is 19.7 Å². The topological polar surface area (TPSA) is 93.0 Å². The maximum atomic E-state index is 12.8. The third-order valence-electron chi connectivity index (χ3n) is 5.22. The molecule has 0 aliphatic carbocycles. The van der Waals surface area contributed by atoms with E-state index in [1.807, 2.05) is 30.3 Å². The monoisotopic (exact) mass is 451 g/mol. The van der Waals surface area contributed by atoms with Crippen LogP contribution in [0.5, 0.6) is 5.75 Å². The molecule has 1 aliphatic rings. The molecule has 1 aromatic heterocycles. The van der Waals surface area contributed by atoms with E-state index in [1.54, 1.807) is 34.1 Å². The fourth-order valence-corrected chi connectivity index (χ4v) is 4.14. The van der Waals surface area contributed by atoms with Crippen molar-refractivity contribution in [1.29, 1.82) is 0 Å². The van der Waals surface area contributed by atoms with Crippen LogP contribution >= 0.6 is 11.3 Å². The van der Waals surface area contributed by atoms with Gasteiger partial charge < -0.3 is 14.5 Å². The van der Waals surface area contributed by atoms with Gasteiger partial charge in [-0.25, -0.2) is 0 Å². The highest BCUT2D eigenvalue weighted by molar-refractivity contribution is 7.13. The summed E-state index contributed by atoms with van der Waals surface area (Å²) in [5.74, 6) is 0.338. The maximum absolute atomic E-state index is 12.8. The lowest BCUT2D eigenvalue weighted by Crippen LogP contribution is -2.50. The van der Waals surface area contributed by atoms with E-state index >= 15 is 0 Å². The molecule has 0 atom stereocenters. The number of hydrogen-bond donors (Lipinski definition) is 0. The Morgan fingerprint density at radius 1 is 0.906 bits per heavy atom. The van der Waals surface area contributed by atoms with E-state index in [-0.39, 0.29) is 16.8 Å². The number of piperazine rings is 1. The summed E-state index contributed by atoms with van der Waals surface area (Å²) in [6, 6.07) is 18.2. The van der Waals surface area contributed by atoms with Crippen LogP contribution in [0.1, 0.15) is 26.3 Å². The number of ether oxygens (including phenoxy) is 1. The molecule has 2 heterocycles. The molecular weight excluding hydrogens is 430 g/mol. The Balaban J connectivity index is 1.30. The number of nitrogens with zero attached hydrogens (tertiary/aromatic N) is 3. The minimum Gasteiger partial charge on any atom is -0.489 e. The van der Waals surface area contributed by atoms with Gasteiger partial charge in [0.1, 0.15) is 12.4 Å². The summed E-state index contributed by atoms with van der Waals surface area (Å²) in [4.78, 5) is 39.1. The van der Waals surface area contributed by atoms with Crippen molar-refractivity contribution in [1.82, 2.24) is 9.80 Å². The quantitative estimate of drug-likeness (QED) is 0.419. The van der Waals surface area contributed by atoms with Crippen molar-refractivity contribution in [3.05, 3.63) is 92.8 Å². The number of benzene rings is 2. The second-order valence-electron chi connectivity index (χ2n) is 7.31. The van der Waals surface area contributed by atoms with Crippen molar-refractivity contribution in [3.63, 3.8) is 0 Å². The predicted molar refractivity (Wildman–Crippen MR) is 120 cm³/mol. The predicted octanol–water partition coefficient (Wildman–Crippen LogP) is 3.83. The molecule has 1 saturated heterocycles. The summed E-state index contributed by atoms with van der Waals surface area (Å²) in [7, 11) is 0. The van der Waals surface area contributed by atoms with Crippen molar-refractivity contribution in [2.24, 2.45) is 0 Å². The van der Waals surface area contributed by atoms with Crippen LogP contribution in [0.15, 0.2) is 66.0 Å². The highest BCUT2D eigenvalue weighted by Crippen LogP contribution is 2.24. The lowest BCUT2D eigenvalue weighted by Gasteiger charge is -2.34. The van der Waals surface area contributed by atoms with Crippen molar-refractivity contribution >= 4 is 28.2 Å². The number of carbonyl (C=O) groups excluding carboxylic acids is 2. The minimum absolute atomic E-state index is 0.0571. The van der Waals surface area contributed by atoms with E-state index in [0.717, 1.165) is 16.9 Å². The van der Waals surface area contributed by atoms with Crippen LogP contribution in [0.25, 0.3) is 0 Å². The largest absolute Gasteiger partial charge is 0.489 e. The first-order valence-corrected chi connectivity index (χ1v) is 11.0. The average Bonchev–Trinajstić information content (AvgIpc) is 3.34. The summed E-state index contributed by atoms with van der Waals surface area (Å²) in [5.41, 5.74) is 1.94. The van der Waals surface area contributed by atoms with Gasteiger partial charge in [-0.05, 0) is 29.8 Å². The Hall–Kier alpha value is -3.72. The van der Waals surface area contributed by atoms with Gasteiger partial charge in [0.15, 0.2) is 0 Å². The lowest BCUT2D eigenvalue weighted by atomic mass is 10.1. The molecule has 1 aliphatic heterocycles. The molecule has 164 valence electrons. The van der Waals surface area contributed by atoms with Crippen LogP contribution in [0.4, 0.5) is 5.00 Å². The van der Waals surface area contributed by atoms with E-state index in [9.17, 15) is 19.7 Å². The molecule has 0 spiro atoms. The van der Waals surface area contributed by atoms with Crippen LogP contribution in [-0.4, -0.2) is 52.7 Å². The Labute approximate surface area is 188 Å². The zero-order chi connectivity index (χ0) is 22.5. The van der Waals surface area contributed by atoms with Gasteiger partial charge in [0, 0.05) is 43.2 Å². The van der Waals surface area contributed by atoms with Crippen LogP contribution in [0, 0.1) is 10.1 Å². The van der Waals surface area contributed by atoms with Crippen LogP contribution in [0.2, 0.25) is 0 Å². The van der Waals surface area contributed by atoms with Gasteiger partial charge >= 0.3 is 5.00 Å². The first kappa shape index (κ1) is 21.5. The van der Waals surface area contributed by atoms with E-state index in [1.165, 1.54) is 11.4 Å². The molecule has 0 N–H and O–H groups in total. The second-order valence-corrected chi connectivity index (χ2v) is 8.20. The van der Waals surface area contributed by atoms with Gasteiger partial charge in [0.05, 0.1) is 10.5 Å². The molecule has 8 nitrogen and oxygen atoms in total. The lowest BCUT2D eigenvalue weighted by molar-refractivity contribution is -0.380. The number of nitro groups is 1. The van der Waals surface area contributed by atoms with Crippen molar-refractivity contribution in [2.45, 2.75) is 6.61 Å². The first-order valence-electron chi connectivity index (χ1n) is 10.1. The van der Waals surface area contributed by atoms with Gasteiger partial charge in [0.25, 0.3) is 11.8 Å². The van der Waals surface area contributed by atoms with Crippen LogP contribution in [0.3, 0.4) is 0 Å². The molecule has 3 aromatic rings. The van der Waals surface area contributed by atoms with E-state index < -0.39 is 4.92 Å². The third-order valence-corrected chi connectivity index (χ3v) is 6.10. The Kier molecular flexibility index (Phi) is 6.46. The molecule has 4 rings (SSSR count). The van der Waals surface area contributed by atoms with E-state index in [4.69, 9.17) is 4.74 Å². The molecule has 0 unspecified atom stereocenters. The zero-order valence-corrected chi connectivity index (χ0v) is 18.0. The molecule has 0 radical (unpaired) electrons. The summed E-state index contributed by atoms with van der Waals surface area (Å²) < 4.78 is 5.76. The fourth-order valence-electron chi connectivity index (χ4n) is 3.45. The molecule has 0 saturated carbocycles. The molecule has 2 aromatic carbocycles. The van der Waals surface area contributed by atoms with E-state index in [2.05, 4.69) is 0 Å². The van der Waals surface area contributed by atoms with Gasteiger partial charge in [-0.2, -0.15) is 0 Å². The molecular formula is C23H21N3O5S. The fraction of sp³-hybridized carbons (Fsp3) is 0.217. The SMILES string of the molecule is O=C(c1ccc(OCc2ccccc2)cc1)N1CCN(C(=O)c2csc([N+](=O)[O-])c2)CC1. The summed E-state index contributed by atoms with van der Waals surface area (Å²) >= 11 is 0.935. The highest BCUT2D eigenvalue weighted by atomic mass is 32.1. The van der Waals surface area contributed by atoms with Crippen LogP contribution in [-0.2, 0) is 6.61 Å². The zero-order valence-electron chi connectivity index (χ0n) is 17.2. The number of rotatable bonds is 6. The second kappa shape index (κ2) is 9.61. The number of carbonyl (C=O) groups is 2. The molecule has 9 heteroatoms. The third kappa shape index (κ3) is 4.94. The van der Waals surface area contributed by atoms with Gasteiger partial charge in [-0.15, -0.1) is 0 Å².